The second-order valence-corrected chi connectivity index (χ2v) is 7.07. The van der Waals surface area contributed by atoms with Crippen LogP contribution in [-0.4, -0.2) is 28.1 Å². The first-order chi connectivity index (χ1) is 13.4. The van der Waals surface area contributed by atoms with Crippen molar-refractivity contribution < 1.29 is 14.3 Å². The number of rotatable bonds is 6. The maximum atomic E-state index is 12.5. The number of esters is 1. The number of ether oxygens (including phenoxy) is 1. The Morgan fingerprint density at radius 1 is 1.07 bits per heavy atom. The maximum Gasteiger partial charge on any atom is 0.343 e. The summed E-state index contributed by atoms with van der Waals surface area (Å²) in [5.74, 6) is -0.906. The molecule has 0 radical (unpaired) electrons. The van der Waals surface area contributed by atoms with Crippen LogP contribution >= 0.6 is 11.6 Å². The van der Waals surface area contributed by atoms with Crippen molar-refractivity contribution >= 4 is 23.4 Å². The van der Waals surface area contributed by atoms with Gasteiger partial charge in [-0.2, -0.15) is 5.10 Å². The lowest BCUT2D eigenvalue weighted by Crippen LogP contribution is -2.16. The number of benzene rings is 2. The van der Waals surface area contributed by atoms with Gasteiger partial charge in [0.15, 0.2) is 6.61 Å². The van der Waals surface area contributed by atoms with E-state index in [4.69, 9.17) is 16.3 Å². The summed E-state index contributed by atoms with van der Waals surface area (Å²) in [5.41, 5.74) is 4.12. The van der Waals surface area contributed by atoms with Gasteiger partial charge in [0.25, 0.3) is 0 Å². The summed E-state index contributed by atoms with van der Waals surface area (Å²) in [7, 11) is 0. The molecule has 144 valence electrons. The number of halogens is 1. The smallest absolute Gasteiger partial charge is 0.343 e. The molecule has 6 heteroatoms. The van der Waals surface area contributed by atoms with Crippen LogP contribution in [0.4, 0.5) is 0 Å². The van der Waals surface area contributed by atoms with Crippen LogP contribution in [0.25, 0.3) is 0 Å². The molecule has 0 spiro atoms. The highest BCUT2D eigenvalue weighted by atomic mass is 35.5. The lowest BCUT2D eigenvalue weighted by molar-refractivity contribution is 0.0474. The van der Waals surface area contributed by atoms with Gasteiger partial charge < -0.3 is 4.74 Å². The largest absolute Gasteiger partial charge is 0.454 e. The van der Waals surface area contributed by atoms with E-state index in [2.05, 4.69) is 5.10 Å². The zero-order valence-corrected chi connectivity index (χ0v) is 16.8. The minimum absolute atomic E-state index is 0.186. The van der Waals surface area contributed by atoms with E-state index in [1.807, 2.05) is 56.3 Å². The highest BCUT2D eigenvalue weighted by molar-refractivity contribution is 6.32. The lowest BCUT2D eigenvalue weighted by atomic mass is 10.0. The van der Waals surface area contributed by atoms with Gasteiger partial charge in [-0.3, -0.25) is 4.79 Å². The number of aryl methyl sites for hydroxylation is 3. The number of hydrogen-bond donors (Lipinski definition) is 0. The molecule has 0 unspecified atom stereocenters. The second-order valence-electron chi connectivity index (χ2n) is 6.71. The zero-order valence-electron chi connectivity index (χ0n) is 16.0. The van der Waals surface area contributed by atoms with Crippen molar-refractivity contribution in [2.75, 3.05) is 6.61 Å². The molecule has 0 saturated heterocycles. The van der Waals surface area contributed by atoms with E-state index in [1.54, 1.807) is 17.7 Å². The Hall–Kier alpha value is -2.92. The molecule has 1 aromatic heterocycles. The summed E-state index contributed by atoms with van der Waals surface area (Å²) in [5, 5.41) is 4.53. The van der Waals surface area contributed by atoms with Gasteiger partial charge >= 0.3 is 5.97 Å². The number of carbonyl (C=O) groups is 2. The average Bonchev–Trinajstić information content (AvgIpc) is 2.93. The Kier molecular flexibility index (Phi) is 5.95. The second kappa shape index (κ2) is 8.40. The Morgan fingerprint density at radius 2 is 1.79 bits per heavy atom. The highest BCUT2D eigenvalue weighted by Crippen LogP contribution is 2.22. The number of hydrogen-bond acceptors (Lipinski definition) is 4. The van der Waals surface area contributed by atoms with Crippen molar-refractivity contribution in [1.82, 2.24) is 9.78 Å². The third-order valence-electron chi connectivity index (χ3n) is 4.46. The van der Waals surface area contributed by atoms with E-state index in [1.165, 1.54) is 0 Å². The van der Waals surface area contributed by atoms with Crippen LogP contribution in [0.1, 0.15) is 43.1 Å². The fourth-order valence-corrected chi connectivity index (χ4v) is 3.37. The fourth-order valence-electron chi connectivity index (χ4n) is 3.05. The topological polar surface area (TPSA) is 61.2 Å². The van der Waals surface area contributed by atoms with Gasteiger partial charge in [0.05, 0.1) is 12.2 Å². The summed E-state index contributed by atoms with van der Waals surface area (Å²) < 4.78 is 6.78. The summed E-state index contributed by atoms with van der Waals surface area (Å²) in [6.07, 6.45) is 0. The van der Waals surface area contributed by atoms with E-state index in [-0.39, 0.29) is 23.1 Å². The monoisotopic (exact) mass is 396 g/mol. The molecular formula is C22H21ClN2O3. The van der Waals surface area contributed by atoms with Crippen molar-refractivity contribution in [3.8, 4) is 0 Å². The van der Waals surface area contributed by atoms with Crippen molar-refractivity contribution in [2.24, 2.45) is 0 Å². The van der Waals surface area contributed by atoms with Crippen molar-refractivity contribution in [1.29, 1.82) is 0 Å². The molecule has 0 fully saturated rings. The van der Waals surface area contributed by atoms with Gasteiger partial charge in [-0.05, 0) is 31.9 Å². The molecule has 0 N–H and O–H groups in total. The van der Waals surface area contributed by atoms with Gasteiger partial charge in [0, 0.05) is 5.56 Å². The summed E-state index contributed by atoms with van der Waals surface area (Å²) in [4.78, 5) is 24.9. The number of ketones is 1. The predicted octanol–water partition coefficient (Wildman–Crippen LogP) is 4.55. The van der Waals surface area contributed by atoms with Crippen LogP contribution in [-0.2, 0) is 11.3 Å². The van der Waals surface area contributed by atoms with E-state index >= 15 is 0 Å². The first-order valence-electron chi connectivity index (χ1n) is 8.91. The molecule has 1 heterocycles. The number of nitrogens with zero attached hydrogens (tertiary/aromatic N) is 2. The molecule has 0 saturated carbocycles. The predicted molar refractivity (Wildman–Crippen MR) is 108 cm³/mol. The number of carbonyl (C=O) groups excluding carboxylic acids is 2. The minimum atomic E-state index is -0.653. The molecule has 0 aliphatic heterocycles. The van der Waals surface area contributed by atoms with Gasteiger partial charge in [0.1, 0.15) is 10.7 Å². The molecule has 5 nitrogen and oxygen atoms in total. The SMILES string of the molecule is Cc1ccc(C(=O)COC(=O)c2c(C)nn(Cc3ccccc3)c2Cl)c(C)c1. The van der Waals surface area contributed by atoms with Crippen LogP contribution in [0.5, 0.6) is 0 Å². The van der Waals surface area contributed by atoms with Crippen LogP contribution in [0.2, 0.25) is 5.15 Å². The quantitative estimate of drug-likeness (QED) is 0.453. The Balaban J connectivity index is 1.71. The first-order valence-corrected chi connectivity index (χ1v) is 9.29. The molecule has 28 heavy (non-hydrogen) atoms. The van der Waals surface area contributed by atoms with Gasteiger partial charge in [-0.15, -0.1) is 0 Å². The lowest BCUT2D eigenvalue weighted by Gasteiger charge is -2.07. The van der Waals surface area contributed by atoms with E-state index < -0.39 is 5.97 Å². The highest BCUT2D eigenvalue weighted by Gasteiger charge is 2.23. The van der Waals surface area contributed by atoms with Crippen LogP contribution in [0, 0.1) is 20.8 Å². The third-order valence-corrected chi connectivity index (χ3v) is 4.85. The van der Waals surface area contributed by atoms with E-state index in [0.717, 1.165) is 16.7 Å². The normalized spacial score (nSPS) is 10.7. The maximum absolute atomic E-state index is 12.5. The van der Waals surface area contributed by atoms with Gasteiger partial charge in [0.2, 0.25) is 5.78 Å². The van der Waals surface area contributed by atoms with E-state index in [0.29, 0.717) is 17.8 Å². The molecule has 0 aliphatic rings. The molecule has 2 aromatic carbocycles. The fraction of sp³-hybridized carbons (Fsp3) is 0.227. The molecule has 3 rings (SSSR count). The Morgan fingerprint density at radius 3 is 2.46 bits per heavy atom. The molecule has 0 amide bonds. The molecule has 0 bridgehead atoms. The van der Waals surface area contributed by atoms with Crippen LogP contribution in [0.15, 0.2) is 48.5 Å². The molecule has 3 aromatic rings. The standard InChI is InChI=1S/C22H21ClN2O3/c1-14-9-10-18(15(2)11-14)19(26)13-28-22(27)20-16(3)24-25(21(20)23)12-17-7-5-4-6-8-17/h4-11H,12-13H2,1-3H3. The van der Waals surface area contributed by atoms with Crippen molar-refractivity contribution in [2.45, 2.75) is 27.3 Å². The summed E-state index contributed by atoms with van der Waals surface area (Å²) >= 11 is 6.36. The summed E-state index contributed by atoms with van der Waals surface area (Å²) in [6, 6.07) is 15.2. The Bertz CT molecular complexity index is 1030. The van der Waals surface area contributed by atoms with Crippen LogP contribution < -0.4 is 0 Å². The summed E-state index contributed by atoms with van der Waals surface area (Å²) in [6.45, 7) is 5.60. The average molecular weight is 397 g/mol. The van der Waals surface area contributed by atoms with E-state index in [9.17, 15) is 9.59 Å². The molecular weight excluding hydrogens is 376 g/mol. The third kappa shape index (κ3) is 4.31. The van der Waals surface area contributed by atoms with Gasteiger partial charge in [-0.25, -0.2) is 9.48 Å². The number of aromatic nitrogens is 2. The van der Waals surface area contributed by atoms with Crippen LogP contribution in [0.3, 0.4) is 0 Å². The first kappa shape index (κ1) is 19.8. The number of Topliss-reactive ketones (excluding diaryl/α,β-unsaturated/α-hetero) is 1. The van der Waals surface area contributed by atoms with Crippen molar-refractivity contribution in [3.05, 3.63) is 87.2 Å². The minimum Gasteiger partial charge on any atom is -0.454 e. The Labute approximate surface area is 168 Å². The molecule has 0 atom stereocenters. The van der Waals surface area contributed by atoms with Crippen molar-refractivity contribution in [3.63, 3.8) is 0 Å². The molecule has 0 aliphatic carbocycles. The van der Waals surface area contributed by atoms with Gasteiger partial charge in [-0.1, -0.05) is 65.7 Å². The zero-order chi connectivity index (χ0) is 20.3.